The summed E-state index contributed by atoms with van der Waals surface area (Å²) in [7, 11) is -1.48. The van der Waals surface area contributed by atoms with Crippen molar-refractivity contribution in [1.29, 1.82) is 0 Å². The number of sulfone groups is 1. The van der Waals surface area contributed by atoms with Crippen LogP contribution in [0.1, 0.15) is 24.9 Å². The SMILES string of the molecule is COc1ccc(F)cc1[C@@H](C)NC(=O)NC[C@@H]1CCS(=O)(=O)C1. The Morgan fingerprint density at radius 1 is 1.48 bits per heavy atom. The first-order chi connectivity index (χ1) is 10.8. The maximum absolute atomic E-state index is 13.4. The van der Waals surface area contributed by atoms with Gasteiger partial charge in [-0.25, -0.2) is 17.6 Å². The summed E-state index contributed by atoms with van der Waals surface area (Å²) in [6.07, 6.45) is 0.565. The quantitative estimate of drug-likeness (QED) is 0.850. The van der Waals surface area contributed by atoms with Gasteiger partial charge in [0.05, 0.1) is 24.7 Å². The van der Waals surface area contributed by atoms with Gasteiger partial charge in [-0.2, -0.15) is 0 Å². The van der Waals surface area contributed by atoms with Gasteiger partial charge in [-0.3, -0.25) is 0 Å². The number of benzene rings is 1. The lowest BCUT2D eigenvalue weighted by Gasteiger charge is -2.18. The second-order valence-electron chi connectivity index (χ2n) is 5.73. The first-order valence-electron chi connectivity index (χ1n) is 7.39. The number of nitrogens with one attached hydrogen (secondary N) is 2. The lowest BCUT2D eigenvalue weighted by Crippen LogP contribution is -2.39. The van der Waals surface area contributed by atoms with Crippen molar-refractivity contribution in [2.75, 3.05) is 25.2 Å². The molecule has 0 saturated carbocycles. The molecule has 8 heteroatoms. The molecule has 1 fully saturated rings. The fraction of sp³-hybridized carbons (Fsp3) is 0.533. The standard InChI is InChI=1S/C15H21FN2O4S/c1-10(13-7-12(16)3-4-14(13)22-2)18-15(19)17-8-11-5-6-23(20,21)9-11/h3-4,7,10-11H,5-6,8-9H2,1-2H3,(H2,17,18,19)/t10-,11+/m1/s1. The van der Waals surface area contributed by atoms with E-state index in [1.807, 2.05) is 0 Å². The summed E-state index contributed by atoms with van der Waals surface area (Å²) >= 11 is 0. The van der Waals surface area contributed by atoms with Crippen molar-refractivity contribution < 1.29 is 22.3 Å². The normalized spacial score (nSPS) is 20.7. The van der Waals surface area contributed by atoms with Crippen LogP contribution in [-0.4, -0.2) is 39.6 Å². The highest BCUT2D eigenvalue weighted by molar-refractivity contribution is 7.91. The lowest BCUT2D eigenvalue weighted by molar-refractivity contribution is 0.236. The van der Waals surface area contributed by atoms with E-state index in [1.54, 1.807) is 6.92 Å². The summed E-state index contributed by atoms with van der Waals surface area (Å²) in [5.41, 5.74) is 0.533. The maximum Gasteiger partial charge on any atom is 0.315 e. The van der Waals surface area contributed by atoms with Crippen LogP contribution in [0.25, 0.3) is 0 Å². The molecule has 6 nitrogen and oxygen atoms in total. The lowest BCUT2D eigenvalue weighted by atomic mass is 10.1. The van der Waals surface area contributed by atoms with Crippen molar-refractivity contribution in [1.82, 2.24) is 10.6 Å². The molecule has 128 valence electrons. The van der Waals surface area contributed by atoms with E-state index >= 15 is 0 Å². The Balaban J connectivity index is 1.89. The highest BCUT2D eigenvalue weighted by Gasteiger charge is 2.28. The molecule has 0 unspecified atom stereocenters. The first-order valence-corrected chi connectivity index (χ1v) is 9.21. The number of amides is 2. The largest absolute Gasteiger partial charge is 0.496 e. The minimum Gasteiger partial charge on any atom is -0.496 e. The third-order valence-corrected chi connectivity index (χ3v) is 5.72. The molecule has 0 aromatic heterocycles. The highest BCUT2D eigenvalue weighted by Crippen LogP contribution is 2.25. The van der Waals surface area contributed by atoms with Crippen molar-refractivity contribution >= 4 is 15.9 Å². The van der Waals surface area contributed by atoms with Gasteiger partial charge in [-0.05, 0) is 37.5 Å². The predicted octanol–water partition coefficient (Wildman–Crippen LogP) is 1.63. The van der Waals surface area contributed by atoms with Gasteiger partial charge < -0.3 is 15.4 Å². The van der Waals surface area contributed by atoms with Gasteiger partial charge in [0, 0.05) is 12.1 Å². The molecule has 0 spiro atoms. The summed E-state index contributed by atoms with van der Waals surface area (Å²) in [5.74, 6) is 0.315. The molecule has 2 atom stereocenters. The van der Waals surface area contributed by atoms with E-state index in [0.29, 0.717) is 24.3 Å². The van der Waals surface area contributed by atoms with Gasteiger partial charge in [-0.15, -0.1) is 0 Å². The van der Waals surface area contributed by atoms with Crippen LogP contribution in [-0.2, 0) is 9.84 Å². The zero-order chi connectivity index (χ0) is 17.0. The molecule has 1 heterocycles. The Labute approximate surface area is 135 Å². The van der Waals surface area contributed by atoms with E-state index in [-0.39, 0.29) is 17.4 Å². The number of rotatable bonds is 5. The topological polar surface area (TPSA) is 84.5 Å². The van der Waals surface area contributed by atoms with E-state index in [9.17, 15) is 17.6 Å². The molecular formula is C15H21FN2O4S. The molecule has 2 N–H and O–H groups in total. The van der Waals surface area contributed by atoms with E-state index in [2.05, 4.69) is 10.6 Å². The van der Waals surface area contributed by atoms with E-state index < -0.39 is 27.7 Å². The number of ether oxygens (including phenoxy) is 1. The first kappa shape index (κ1) is 17.5. The summed E-state index contributed by atoms with van der Waals surface area (Å²) in [4.78, 5) is 11.9. The Hall–Kier alpha value is -1.83. The molecular weight excluding hydrogens is 323 g/mol. The zero-order valence-electron chi connectivity index (χ0n) is 13.1. The molecule has 2 rings (SSSR count). The van der Waals surface area contributed by atoms with Crippen molar-refractivity contribution in [3.8, 4) is 5.75 Å². The monoisotopic (exact) mass is 344 g/mol. The molecule has 23 heavy (non-hydrogen) atoms. The highest BCUT2D eigenvalue weighted by atomic mass is 32.2. The smallest absolute Gasteiger partial charge is 0.315 e. The van der Waals surface area contributed by atoms with Gasteiger partial charge >= 0.3 is 6.03 Å². The number of carbonyl (C=O) groups excluding carboxylic acids is 1. The van der Waals surface area contributed by atoms with Crippen LogP contribution in [0.3, 0.4) is 0 Å². The van der Waals surface area contributed by atoms with Crippen molar-refractivity contribution in [3.63, 3.8) is 0 Å². The Morgan fingerprint density at radius 2 is 2.22 bits per heavy atom. The number of methoxy groups -OCH3 is 1. The number of carbonyl (C=O) groups is 1. The summed E-state index contributed by atoms with van der Waals surface area (Å²) < 4.78 is 41.3. The van der Waals surface area contributed by atoms with Crippen LogP contribution in [0.15, 0.2) is 18.2 Å². The van der Waals surface area contributed by atoms with Crippen LogP contribution in [0.4, 0.5) is 9.18 Å². The third kappa shape index (κ3) is 4.82. The molecule has 0 aliphatic carbocycles. The van der Waals surface area contributed by atoms with Crippen molar-refractivity contribution in [2.24, 2.45) is 5.92 Å². The Kier molecular flexibility index (Phi) is 5.46. The second kappa shape index (κ2) is 7.16. The van der Waals surface area contributed by atoms with Crippen molar-refractivity contribution in [3.05, 3.63) is 29.6 Å². The number of hydrogen-bond donors (Lipinski definition) is 2. The predicted molar refractivity (Wildman–Crippen MR) is 84.7 cm³/mol. The van der Waals surface area contributed by atoms with E-state index in [1.165, 1.54) is 25.3 Å². The number of urea groups is 1. The maximum atomic E-state index is 13.4. The van der Waals surface area contributed by atoms with Gasteiger partial charge in [0.15, 0.2) is 9.84 Å². The van der Waals surface area contributed by atoms with Crippen LogP contribution < -0.4 is 15.4 Å². The minimum atomic E-state index is -2.95. The molecule has 1 aliphatic heterocycles. The van der Waals surface area contributed by atoms with E-state index in [0.717, 1.165) is 0 Å². The fourth-order valence-corrected chi connectivity index (χ4v) is 4.50. The number of hydrogen-bond acceptors (Lipinski definition) is 4. The molecule has 0 radical (unpaired) electrons. The van der Waals surface area contributed by atoms with Crippen LogP contribution >= 0.6 is 0 Å². The van der Waals surface area contributed by atoms with Gasteiger partial charge in [0.1, 0.15) is 11.6 Å². The van der Waals surface area contributed by atoms with Crippen LogP contribution in [0.5, 0.6) is 5.75 Å². The third-order valence-electron chi connectivity index (χ3n) is 3.88. The zero-order valence-corrected chi connectivity index (χ0v) is 14.0. The molecule has 1 aliphatic rings. The molecule has 0 bridgehead atoms. The average molecular weight is 344 g/mol. The van der Waals surface area contributed by atoms with Crippen LogP contribution in [0, 0.1) is 11.7 Å². The van der Waals surface area contributed by atoms with Crippen molar-refractivity contribution in [2.45, 2.75) is 19.4 Å². The molecule has 1 aromatic rings. The van der Waals surface area contributed by atoms with Gasteiger partial charge in [0.2, 0.25) is 0 Å². The number of halogens is 1. The van der Waals surface area contributed by atoms with Gasteiger partial charge in [0.25, 0.3) is 0 Å². The average Bonchev–Trinajstić information content (AvgIpc) is 2.84. The summed E-state index contributed by atoms with van der Waals surface area (Å²) in [5, 5.41) is 5.36. The summed E-state index contributed by atoms with van der Waals surface area (Å²) in [6, 6.07) is 3.23. The summed E-state index contributed by atoms with van der Waals surface area (Å²) in [6.45, 7) is 2.02. The molecule has 2 amide bonds. The Morgan fingerprint density at radius 3 is 2.83 bits per heavy atom. The second-order valence-corrected chi connectivity index (χ2v) is 7.96. The Bertz CT molecular complexity index is 678. The minimum absolute atomic E-state index is 0.0511. The van der Waals surface area contributed by atoms with Gasteiger partial charge in [-0.1, -0.05) is 0 Å². The van der Waals surface area contributed by atoms with Crippen LogP contribution in [0.2, 0.25) is 0 Å². The van der Waals surface area contributed by atoms with E-state index in [4.69, 9.17) is 4.74 Å². The molecule has 1 saturated heterocycles. The fourth-order valence-electron chi connectivity index (χ4n) is 2.64. The molecule has 1 aromatic carbocycles.